The van der Waals surface area contributed by atoms with Crippen LogP contribution in [0.4, 0.5) is 0 Å². The summed E-state index contributed by atoms with van der Waals surface area (Å²) in [5.41, 5.74) is 2.43. The molecule has 0 aliphatic heterocycles. The predicted molar refractivity (Wildman–Crippen MR) is 107 cm³/mol. The van der Waals surface area contributed by atoms with Crippen molar-refractivity contribution in [2.45, 2.75) is 4.90 Å². The van der Waals surface area contributed by atoms with Gasteiger partial charge in [-0.25, -0.2) is 0 Å². The van der Waals surface area contributed by atoms with E-state index in [2.05, 4.69) is 0 Å². The van der Waals surface area contributed by atoms with Gasteiger partial charge < -0.3 is 4.74 Å². The molecule has 0 spiro atoms. The molecule has 0 saturated heterocycles. The van der Waals surface area contributed by atoms with Crippen molar-refractivity contribution in [2.24, 2.45) is 0 Å². The van der Waals surface area contributed by atoms with Gasteiger partial charge in [-0.2, -0.15) is 8.42 Å². The minimum atomic E-state index is -4.40. The van der Waals surface area contributed by atoms with E-state index in [1.807, 2.05) is 30.3 Å². The Morgan fingerprint density at radius 1 is 1.04 bits per heavy atom. The second-order valence-electron chi connectivity index (χ2n) is 4.86. The van der Waals surface area contributed by atoms with Crippen LogP contribution in [0, 0.1) is 3.82 Å². The molecule has 0 saturated carbocycles. The summed E-state index contributed by atoms with van der Waals surface area (Å²) in [5, 5.41) is 0. The van der Waals surface area contributed by atoms with Gasteiger partial charge in [-0.15, -0.1) is 0 Å². The molecule has 9 heteroatoms. The van der Waals surface area contributed by atoms with Crippen LogP contribution in [0.1, 0.15) is 0 Å². The van der Waals surface area contributed by atoms with Gasteiger partial charge in [-0.3, -0.25) is 4.55 Å². The van der Waals surface area contributed by atoms with Crippen LogP contribution in [-0.4, -0.2) is 49.6 Å². The van der Waals surface area contributed by atoms with Crippen LogP contribution in [0.5, 0.6) is 5.75 Å². The minimum absolute atomic E-state index is 0. The van der Waals surface area contributed by atoms with Gasteiger partial charge in [-0.1, -0.05) is 69.3 Å². The molecule has 0 unspecified atom stereocenters. The van der Waals surface area contributed by atoms with Crippen molar-refractivity contribution in [1.29, 1.82) is 0 Å². The fourth-order valence-electron chi connectivity index (χ4n) is 2.32. The second kappa shape index (κ2) is 8.41. The van der Waals surface area contributed by atoms with Gasteiger partial charge >= 0.3 is 29.6 Å². The number of ether oxygens (including phenoxy) is 1. The molecule has 0 atom stereocenters. The molecule has 2 aromatic carbocycles. The van der Waals surface area contributed by atoms with Crippen LogP contribution in [0.3, 0.4) is 0 Å². The van der Waals surface area contributed by atoms with E-state index in [-0.39, 0.29) is 40.2 Å². The van der Waals surface area contributed by atoms with E-state index < -0.39 is 10.1 Å². The van der Waals surface area contributed by atoms with E-state index in [0.29, 0.717) is 9.39 Å². The fourth-order valence-corrected chi connectivity index (χ4v) is 5.92. The molecular weight excluding hydrogens is 407 g/mol. The molecule has 126 valence electrons. The molecule has 1 N–H and O–H groups in total. The van der Waals surface area contributed by atoms with Gasteiger partial charge in [0.2, 0.25) is 0 Å². The van der Waals surface area contributed by atoms with Crippen molar-refractivity contribution in [3.8, 4) is 27.3 Å². The summed E-state index contributed by atoms with van der Waals surface area (Å²) < 4.78 is 38.4. The second-order valence-corrected chi connectivity index (χ2v) is 9.07. The molecule has 3 rings (SSSR count). The average Bonchev–Trinajstić information content (AvgIpc) is 2.96. The molecule has 3 aromatic rings. The number of rotatable bonds is 4. The number of methoxy groups -OCH3 is 1. The van der Waals surface area contributed by atoms with Gasteiger partial charge in [0.05, 0.1) is 12.0 Å². The fraction of sp³-hybridized carbons (Fsp3) is 0.0625. The number of hydrogen-bond donors (Lipinski definition) is 1. The maximum atomic E-state index is 11.6. The van der Waals surface area contributed by atoms with Gasteiger partial charge in [0.15, 0.2) is 0 Å². The SMILES string of the molecule is COc1ccc(-c2c(-c3ccccc3)ssc2=S)cc1S(=O)(=O)O.[NaH]. The maximum absolute atomic E-state index is 11.6. The topological polar surface area (TPSA) is 63.6 Å². The van der Waals surface area contributed by atoms with Crippen LogP contribution in [-0.2, 0) is 10.1 Å². The molecule has 25 heavy (non-hydrogen) atoms. The van der Waals surface area contributed by atoms with Gasteiger partial charge in [0.25, 0.3) is 10.1 Å². The molecule has 0 fully saturated rings. The average molecular weight is 421 g/mol. The van der Waals surface area contributed by atoms with Crippen LogP contribution in [0.15, 0.2) is 53.4 Å². The van der Waals surface area contributed by atoms with Gasteiger partial charge in [-0.05, 0) is 23.3 Å². The van der Waals surface area contributed by atoms with Crippen molar-refractivity contribution in [3.63, 3.8) is 0 Å². The molecule has 0 aliphatic carbocycles. The Balaban J connectivity index is 0.00000225. The summed E-state index contributed by atoms with van der Waals surface area (Å²) in [6, 6.07) is 14.4. The molecule has 1 aromatic heterocycles. The molecular formula is C16H13NaO4S4. The van der Waals surface area contributed by atoms with E-state index in [4.69, 9.17) is 17.0 Å². The summed E-state index contributed by atoms with van der Waals surface area (Å²) in [7, 11) is -0.0513. The molecule has 4 nitrogen and oxygen atoms in total. The number of benzene rings is 2. The first kappa shape index (κ1) is 20.7. The molecule has 0 radical (unpaired) electrons. The summed E-state index contributed by atoms with van der Waals surface area (Å²) in [6.45, 7) is 0. The van der Waals surface area contributed by atoms with Crippen LogP contribution < -0.4 is 4.74 Å². The summed E-state index contributed by atoms with van der Waals surface area (Å²) in [5.74, 6) is 0.0901. The first-order chi connectivity index (χ1) is 11.4. The monoisotopic (exact) mass is 420 g/mol. The van der Waals surface area contributed by atoms with Crippen LogP contribution >= 0.6 is 32.9 Å². The van der Waals surface area contributed by atoms with Crippen LogP contribution in [0.2, 0.25) is 0 Å². The molecule has 0 aliphatic rings. The third kappa shape index (κ3) is 4.40. The van der Waals surface area contributed by atoms with Gasteiger partial charge in [0, 0.05) is 5.56 Å². The van der Waals surface area contributed by atoms with E-state index in [0.717, 1.165) is 16.0 Å². The number of hydrogen-bond acceptors (Lipinski definition) is 6. The Kier molecular flexibility index (Phi) is 6.97. The Hall–Kier alpha value is -0.580. The zero-order valence-electron chi connectivity index (χ0n) is 12.4. The Labute approximate surface area is 180 Å². The normalized spacial score (nSPS) is 11.0. The molecule has 0 amide bonds. The van der Waals surface area contributed by atoms with Crippen molar-refractivity contribution >= 4 is 72.6 Å². The molecule has 0 bridgehead atoms. The van der Waals surface area contributed by atoms with Crippen molar-refractivity contribution in [3.05, 3.63) is 52.4 Å². The van der Waals surface area contributed by atoms with Gasteiger partial charge in [0.1, 0.15) is 14.5 Å². The Morgan fingerprint density at radius 2 is 1.72 bits per heavy atom. The first-order valence-electron chi connectivity index (χ1n) is 6.76. The summed E-state index contributed by atoms with van der Waals surface area (Å²) in [4.78, 5) is 0.698. The van der Waals surface area contributed by atoms with Crippen LogP contribution in [0.25, 0.3) is 21.6 Å². The van der Waals surface area contributed by atoms with E-state index in [9.17, 15) is 13.0 Å². The zero-order chi connectivity index (χ0) is 17.3. The van der Waals surface area contributed by atoms with Crippen molar-refractivity contribution in [2.75, 3.05) is 7.11 Å². The van der Waals surface area contributed by atoms with Crippen molar-refractivity contribution in [1.82, 2.24) is 0 Å². The summed E-state index contributed by atoms with van der Waals surface area (Å²) >= 11 is 5.44. The quantitative estimate of drug-likeness (QED) is 0.292. The van der Waals surface area contributed by atoms with E-state index in [1.54, 1.807) is 16.4 Å². The van der Waals surface area contributed by atoms with E-state index >= 15 is 0 Å². The third-order valence-corrected chi connectivity index (χ3v) is 7.34. The predicted octanol–water partition coefficient (Wildman–Crippen LogP) is 4.48. The third-order valence-electron chi connectivity index (χ3n) is 3.40. The first-order valence-corrected chi connectivity index (χ1v) is 10.8. The Bertz CT molecular complexity index is 1040. The molecule has 1 heterocycles. The zero-order valence-corrected chi connectivity index (χ0v) is 15.7. The standard InChI is InChI=1S/C16H12O4S4.Na.H/c1-20-12-8-7-11(9-13(12)24(17,18)19)14-15(22-23-16(14)21)10-5-3-2-4-6-10;;/h2-9H,1H3,(H,17,18,19);;. The van der Waals surface area contributed by atoms with E-state index in [1.165, 1.54) is 29.6 Å². The summed E-state index contributed by atoms with van der Waals surface area (Å²) in [6.07, 6.45) is 0. The van der Waals surface area contributed by atoms with Crippen molar-refractivity contribution < 1.29 is 17.7 Å². The Morgan fingerprint density at radius 3 is 2.32 bits per heavy atom.